The van der Waals surface area contributed by atoms with Gasteiger partial charge < -0.3 is 0 Å². The van der Waals surface area contributed by atoms with Crippen LogP contribution in [-0.2, 0) is 0 Å². The normalized spacial score (nSPS) is 13.1. The molecule has 0 saturated heterocycles. The van der Waals surface area contributed by atoms with Crippen molar-refractivity contribution in [3.63, 3.8) is 0 Å². The van der Waals surface area contributed by atoms with Crippen LogP contribution in [0.3, 0.4) is 0 Å². The van der Waals surface area contributed by atoms with Gasteiger partial charge in [-0.1, -0.05) is 60.7 Å². The van der Waals surface area contributed by atoms with Crippen molar-refractivity contribution in [2.75, 3.05) is 0 Å². The van der Waals surface area contributed by atoms with Gasteiger partial charge in [0.15, 0.2) is 0 Å². The van der Waals surface area contributed by atoms with Crippen LogP contribution in [0.2, 0.25) is 0 Å². The van der Waals surface area contributed by atoms with Crippen molar-refractivity contribution in [1.82, 2.24) is 4.67 Å². The van der Waals surface area contributed by atoms with E-state index in [0.29, 0.717) is 12.1 Å². The molecule has 2 aromatic carbocycles. The highest BCUT2D eigenvalue weighted by atomic mass is 31.1. The van der Waals surface area contributed by atoms with Gasteiger partial charge in [-0.05, 0) is 27.7 Å². The molecule has 25 heavy (non-hydrogen) atoms. The number of hydrogen-bond acceptors (Lipinski definition) is 3. The minimum Gasteiger partial charge on any atom is -0.261 e. The maximum Gasteiger partial charge on any atom is 0.119 e. The van der Waals surface area contributed by atoms with Crippen LogP contribution in [0.4, 0.5) is 0 Å². The second-order valence-corrected chi connectivity index (χ2v) is 9.70. The third-order valence-corrected chi connectivity index (χ3v) is 7.75. The van der Waals surface area contributed by atoms with Gasteiger partial charge in [0.25, 0.3) is 0 Å². The molecule has 3 nitrogen and oxygen atoms in total. The third-order valence-electron chi connectivity index (χ3n) is 3.69. The second kappa shape index (κ2) is 9.79. The van der Waals surface area contributed by atoms with E-state index >= 15 is 0 Å². The van der Waals surface area contributed by atoms with Crippen LogP contribution < -0.4 is 10.6 Å². The fourth-order valence-corrected chi connectivity index (χ4v) is 6.30. The summed E-state index contributed by atoms with van der Waals surface area (Å²) in [6.07, 6.45) is 0. The molecule has 1 unspecified atom stereocenters. The van der Waals surface area contributed by atoms with Crippen molar-refractivity contribution in [2.24, 2.45) is 4.76 Å². The maximum absolute atomic E-state index is 9.70. The first-order valence-electron chi connectivity index (χ1n) is 8.46. The van der Waals surface area contributed by atoms with Crippen molar-refractivity contribution in [3.8, 4) is 5.81 Å². The largest absolute Gasteiger partial charge is 0.261 e. The minimum absolute atomic E-state index is 0.317. The predicted octanol–water partition coefficient (Wildman–Crippen LogP) is 5.06. The Morgan fingerprint density at radius 1 is 0.880 bits per heavy atom. The van der Waals surface area contributed by atoms with E-state index in [1.54, 1.807) is 0 Å². The Morgan fingerprint density at radius 2 is 1.32 bits per heavy atom. The van der Waals surface area contributed by atoms with E-state index < -0.39 is 16.1 Å². The predicted molar refractivity (Wildman–Crippen MR) is 112 cm³/mol. The third kappa shape index (κ3) is 5.45. The van der Waals surface area contributed by atoms with Crippen molar-refractivity contribution in [2.45, 2.75) is 39.8 Å². The van der Waals surface area contributed by atoms with E-state index in [1.165, 1.54) is 10.6 Å². The summed E-state index contributed by atoms with van der Waals surface area (Å²) in [5.41, 5.74) is 0. The molecule has 0 aromatic heterocycles. The smallest absolute Gasteiger partial charge is 0.119 e. The number of nitrogens with zero attached hydrogens (tertiary/aromatic N) is 3. The zero-order valence-corrected chi connectivity index (χ0v) is 17.0. The Bertz CT molecular complexity index is 661. The zero-order valence-electron chi connectivity index (χ0n) is 15.2. The lowest BCUT2D eigenvalue weighted by Gasteiger charge is -2.32. The van der Waals surface area contributed by atoms with Crippen molar-refractivity contribution in [3.05, 3.63) is 60.7 Å². The highest BCUT2D eigenvalue weighted by Gasteiger charge is 2.23. The van der Waals surface area contributed by atoms with Gasteiger partial charge in [0.2, 0.25) is 0 Å². The first-order chi connectivity index (χ1) is 12.0. The molecular formula is C20H25N3P2. The fraction of sp³-hybridized carbons (Fsp3) is 0.300. The van der Waals surface area contributed by atoms with Gasteiger partial charge in [0.05, 0.1) is 14.0 Å². The van der Waals surface area contributed by atoms with Gasteiger partial charge in [-0.25, -0.2) is 0 Å². The van der Waals surface area contributed by atoms with Crippen LogP contribution in [0, 0.1) is 11.1 Å². The molecule has 0 aliphatic rings. The first-order valence-corrected chi connectivity index (χ1v) is 11.1. The molecule has 5 heteroatoms. The fourth-order valence-electron chi connectivity index (χ4n) is 2.75. The summed E-state index contributed by atoms with van der Waals surface area (Å²) in [6.45, 7) is 8.55. The topological polar surface area (TPSA) is 39.4 Å². The van der Waals surface area contributed by atoms with Crippen LogP contribution in [0.5, 0.6) is 0 Å². The van der Waals surface area contributed by atoms with E-state index in [4.69, 9.17) is 4.76 Å². The van der Waals surface area contributed by atoms with Crippen molar-refractivity contribution < 1.29 is 0 Å². The second-order valence-electron chi connectivity index (χ2n) is 6.23. The Hall–Kier alpha value is -1.58. The number of rotatable bonds is 7. The van der Waals surface area contributed by atoms with Crippen molar-refractivity contribution in [1.29, 1.82) is 5.26 Å². The molecule has 0 aliphatic carbocycles. The summed E-state index contributed by atoms with van der Waals surface area (Å²) in [5, 5.41) is 12.1. The lowest BCUT2D eigenvalue weighted by molar-refractivity contribution is 0.328. The summed E-state index contributed by atoms with van der Waals surface area (Å²) in [7, 11) is -1.90. The van der Waals surface area contributed by atoms with Crippen LogP contribution >= 0.6 is 16.1 Å². The molecule has 130 valence electrons. The molecule has 1 atom stereocenters. The zero-order chi connectivity index (χ0) is 18.2. The summed E-state index contributed by atoms with van der Waals surface area (Å²) >= 11 is 0. The lowest BCUT2D eigenvalue weighted by Crippen LogP contribution is -2.32. The molecule has 2 aromatic rings. The highest BCUT2D eigenvalue weighted by Crippen LogP contribution is 2.43. The average molecular weight is 369 g/mol. The molecule has 0 bridgehead atoms. The van der Waals surface area contributed by atoms with E-state index in [2.05, 4.69) is 62.4 Å². The SMILES string of the molecule is CC(C)N(C(C)C)P(C#N)/C=N/P(c1ccccc1)c1ccccc1. The standard InChI is InChI=1S/C20H25N3P2/c1-17(2)23(18(3)4)24(15-21)16-22-25(19-11-7-5-8-12-19)20-13-9-6-10-14-20/h5-14,16-18H,1-4H3/b22-16+. The molecule has 0 radical (unpaired) electrons. The van der Waals surface area contributed by atoms with E-state index in [1.807, 2.05) is 42.4 Å². The van der Waals surface area contributed by atoms with Gasteiger partial charge >= 0.3 is 0 Å². The Balaban J connectivity index is 2.36. The van der Waals surface area contributed by atoms with Crippen LogP contribution in [0.1, 0.15) is 27.7 Å². The molecule has 0 spiro atoms. The molecular weight excluding hydrogens is 344 g/mol. The van der Waals surface area contributed by atoms with Crippen LogP contribution in [-0.4, -0.2) is 22.7 Å². The van der Waals surface area contributed by atoms with Gasteiger partial charge in [0, 0.05) is 22.7 Å². The molecule has 0 aliphatic heterocycles. The summed E-state index contributed by atoms with van der Waals surface area (Å²) in [5.74, 6) is 4.38. The molecule has 2 rings (SSSR count). The highest BCUT2D eigenvalue weighted by molar-refractivity contribution is 7.78. The van der Waals surface area contributed by atoms with Gasteiger partial charge in [0.1, 0.15) is 13.9 Å². The number of benzene rings is 2. The van der Waals surface area contributed by atoms with E-state index in [0.717, 1.165) is 0 Å². The van der Waals surface area contributed by atoms with Gasteiger partial charge in [-0.2, -0.15) is 5.26 Å². The maximum atomic E-state index is 9.70. The average Bonchev–Trinajstić information content (AvgIpc) is 2.62. The molecule has 0 heterocycles. The summed E-state index contributed by atoms with van der Waals surface area (Å²) < 4.78 is 7.18. The molecule has 0 N–H and O–H groups in total. The van der Waals surface area contributed by atoms with Crippen LogP contribution in [0.15, 0.2) is 65.4 Å². The Morgan fingerprint density at radius 3 is 1.68 bits per heavy atom. The van der Waals surface area contributed by atoms with Gasteiger partial charge in [-0.3, -0.25) is 9.43 Å². The van der Waals surface area contributed by atoms with E-state index in [9.17, 15) is 5.26 Å². The summed E-state index contributed by atoms with van der Waals surface area (Å²) in [4.78, 5) is 0. The van der Waals surface area contributed by atoms with E-state index in [-0.39, 0.29) is 0 Å². The molecule has 0 fully saturated rings. The van der Waals surface area contributed by atoms with Crippen LogP contribution in [0.25, 0.3) is 0 Å². The van der Waals surface area contributed by atoms with Crippen molar-refractivity contribution >= 4 is 32.7 Å². The summed E-state index contributed by atoms with van der Waals surface area (Å²) in [6, 6.07) is 21.3. The number of nitriles is 1. The Labute approximate surface area is 154 Å². The number of hydrogen-bond donors (Lipinski definition) is 0. The lowest BCUT2D eigenvalue weighted by atomic mass is 10.3. The molecule has 0 saturated carbocycles. The minimum atomic E-state index is -1.05. The quantitative estimate of drug-likeness (QED) is 0.505. The van der Waals surface area contributed by atoms with Gasteiger partial charge in [-0.15, -0.1) is 0 Å². The Kier molecular flexibility index (Phi) is 7.73. The monoisotopic (exact) mass is 369 g/mol. The molecule has 0 amide bonds. The first kappa shape index (κ1) is 19.7.